The molecule has 0 atom stereocenters. The monoisotopic (exact) mass is 715 g/mol. The lowest BCUT2D eigenvalue weighted by Gasteiger charge is -2.12. The number of carbonyl (C=O) groups is 2. The van der Waals surface area contributed by atoms with Crippen molar-refractivity contribution in [2.24, 2.45) is 0 Å². The van der Waals surface area contributed by atoms with Gasteiger partial charge in [0.25, 0.3) is 0 Å². The minimum absolute atomic E-state index is 0.424. The fourth-order valence-corrected chi connectivity index (χ4v) is 6.76. The molecule has 51 heavy (non-hydrogen) atoms. The molecule has 2 amide bonds. The number of benzene rings is 1. The Kier molecular flexibility index (Phi) is 33.1. The van der Waals surface area contributed by atoms with E-state index in [2.05, 4.69) is 24.5 Å². The first-order valence-electron chi connectivity index (χ1n) is 22.0. The largest absolute Gasteiger partial charge is 0.449 e. The molecule has 2 N–H and O–H groups in total. The lowest BCUT2D eigenvalue weighted by atomic mass is 10.0. The van der Waals surface area contributed by atoms with E-state index in [0.29, 0.717) is 24.6 Å². The van der Waals surface area contributed by atoms with Crippen LogP contribution in [0.4, 0.5) is 21.0 Å². The number of amides is 2. The van der Waals surface area contributed by atoms with Gasteiger partial charge in [0.05, 0.1) is 13.2 Å². The van der Waals surface area contributed by atoms with Crippen LogP contribution in [0.1, 0.15) is 225 Å². The fraction of sp³-hybridized carbons (Fsp3) is 0.822. The summed E-state index contributed by atoms with van der Waals surface area (Å²) in [5.74, 6) is 0. The zero-order chi connectivity index (χ0) is 36.9. The molecule has 0 aliphatic heterocycles. The zero-order valence-corrected chi connectivity index (χ0v) is 33.9. The number of rotatable bonds is 36. The average Bonchev–Trinajstić information content (AvgIpc) is 3.12. The van der Waals surface area contributed by atoms with E-state index in [1.165, 1.54) is 180 Å². The topological polar surface area (TPSA) is 76.7 Å². The van der Waals surface area contributed by atoms with Gasteiger partial charge in [-0.3, -0.25) is 10.6 Å². The molecule has 6 nitrogen and oxygen atoms in total. The Balaban J connectivity index is 1.99. The molecule has 1 rings (SSSR count). The van der Waals surface area contributed by atoms with E-state index in [0.717, 1.165) is 31.2 Å². The minimum atomic E-state index is -0.461. The third kappa shape index (κ3) is 31.0. The predicted molar refractivity (Wildman–Crippen MR) is 220 cm³/mol. The number of nitrogens with one attached hydrogen (secondary N) is 2. The van der Waals surface area contributed by atoms with Gasteiger partial charge in [-0.15, -0.1) is 0 Å². The van der Waals surface area contributed by atoms with Crippen LogP contribution in [0.25, 0.3) is 0 Å². The van der Waals surface area contributed by atoms with Crippen molar-refractivity contribution in [2.75, 3.05) is 23.8 Å². The van der Waals surface area contributed by atoms with E-state index < -0.39 is 12.2 Å². The van der Waals surface area contributed by atoms with Gasteiger partial charge < -0.3 is 9.47 Å². The van der Waals surface area contributed by atoms with E-state index in [9.17, 15) is 9.59 Å². The number of hydrogen-bond acceptors (Lipinski definition) is 4. The van der Waals surface area contributed by atoms with E-state index >= 15 is 0 Å². The second-order valence-electron chi connectivity index (χ2n) is 15.2. The quantitative estimate of drug-likeness (QED) is 0.0678. The molecular formula is C45H82N2O4. The Hall–Kier alpha value is -2.24. The highest BCUT2D eigenvalue weighted by atomic mass is 16.6. The molecule has 0 saturated heterocycles. The van der Waals surface area contributed by atoms with Crippen LogP contribution in [0.2, 0.25) is 0 Å². The first-order valence-corrected chi connectivity index (χ1v) is 22.0. The van der Waals surface area contributed by atoms with E-state index in [1.807, 2.05) is 19.1 Å². The summed E-state index contributed by atoms with van der Waals surface area (Å²) in [7, 11) is 0. The lowest BCUT2D eigenvalue weighted by molar-refractivity contribution is 0.158. The summed E-state index contributed by atoms with van der Waals surface area (Å²) in [6.45, 7) is 7.33. The molecule has 0 spiro atoms. The lowest BCUT2D eigenvalue weighted by Crippen LogP contribution is -2.17. The summed E-state index contributed by atoms with van der Waals surface area (Å²) < 4.78 is 10.8. The summed E-state index contributed by atoms with van der Waals surface area (Å²) in [5.41, 5.74) is 2.12. The Labute approximate surface area is 315 Å². The third-order valence-electron chi connectivity index (χ3n) is 10.2. The van der Waals surface area contributed by atoms with Crippen molar-refractivity contribution < 1.29 is 19.1 Å². The first-order chi connectivity index (χ1) is 25.1. The molecule has 0 radical (unpaired) electrons. The van der Waals surface area contributed by atoms with Crippen LogP contribution in [-0.4, -0.2) is 25.4 Å². The Morgan fingerprint density at radius 2 is 0.725 bits per heavy atom. The van der Waals surface area contributed by atoms with Crippen LogP contribution < -0.4 is 10.6 Å². The van der Waals surface area contributed by atoms with Crippen LogP contribution >= 0.6 is 0 Å². The number of hydrogen-bond donors (Lipinski definition) is 2. The molecule has 296 valence electrons. The van der Waals surface area contributed by atoms with Crippen LogP contribution in [0.15, 0.2) is 18.2 Å². The van der Waals surface area contributed by atoms with Crippen molar-refractivity contribution in [2.45, 2.75) is 226 Å². The van der Waals surface area contributed by atoms with Crippen molar-refractivity contribution in [3.05, 3.63) is 23.8 Å². The second-order valence-corrected chi connectivity index (χ2v) is 15.2. The second kappa shape index (κ2) is 36.1. The summed E-state index contributed by atoms with van der Waals surface area (Å²) in [6.07, 6.45) is 41.3. The average molecular weight is 715 g/mol. The maximum absolute atomic E-state index is 12.4. The molecule has 0 unspecified atom stereocenters. The molecular weight excluding hydrogens is 633 g/mol. The van der Waals surface area contributed by atoms with Crippen molar-refractivity contribution in [3.63, 3.8) is 0 Å². The van der Waals surface area contributed by atoms with E-state index in [1.54, 1.807) is 6.07 Å². The maximum atomic E-state index is 12.4. The van der Waals surface area contributed by atoms with Gasteiger partial charge >= 0.3 is 12.2 Å². The van der Waals surface area contributed by atoms with Crippen LogP contribution in [0, 0.1) is 6.92 Å². The smallest absolute Gasteiger partial charge is 0.411 e. The number of carbonyl (C=O) groups excluding carboxylic acids is 2. The third-order valence-corrected chi connectivity index (χ3v) is 10.2. The molecule has 1 aromatic carbocycles. The van der Waals surface area contributed by atoms with Crippen LogP contribution in [0.3, 0.4) is 0 Å². The Morgan fingerprint density at radius 3 is 1.06 bits per heavy atom. The van der Waals surface area contributed by atoms with E-state index in [-0.39, 0.29) is 0 Å². The van der Waals surface area contributed by atoms with Crippen molar-refractivity contribution in [3.8, 4) is 0 Å². The highest BCUT2D eigenvalue weighted by Gasteiger charge is 2.09. The number of ether oxygens (including phenoxy) is 2. The summed E-state index contributed by atoms with van der Waals surface area (Å²) in [5, 5.41) is 5.62. The van der Waals surface area contributed by atoms with Gasteiger partial charge in [-0.25, -0.2) is 9.59 Å². The summed E-state index contributed by atoms with van der Waals surface area (Å²) >= 11 is 0. The normalized spacial score (nSPS) is 11.1. The molecule has 0 fully saturated rings. The zero-order valence-electron chi connectivity index (χ0n) is 33.9. The predicted octanol–water partition coefficient (Wildman–Crippen LogP) is 15.6. The van der Waals surface area contributed by atoms with Crippen molar-refractivity contribution >= 4 is 23.6 Å². The SMILES string of the molecule is CCCCCCCCCCCCCCCCCCOC(=O)Nc1ccc(C)c(NC(=O)OCCCCCCCCCCCCCCCCCC)c1. The van der Waals surface area contributed by atoms with Crippen molar-refractivity contribution in [1.82, 2.24) is 0 Å². The molecule has 0 saturated carbocycles. The van der Waals surface area contributed by atoms with Gasteiger partial charge in [0.1, 0.15) is 0 Å². The van der Waals surface area contributed by atoms with Gasteiger partial charge in [0.2, 0.25) is 0 Å². The molecule has 6 heteroatoms. The molecule has 0 aliphatic carbocycles. The number of aryl methyl sites for hydroxylation is 1. The van der Waals surface area contributed by atoms with Crippen LogP contribution in [0.5, 0.6) is 0 Å². The minimum Gasteiger partial charge on any atom is -0.449 e. The first kappa shape index (κ1) is 46.8. The molecule has 0 aromatic heterocycles. The molecule has 0 heterocycles. The Morgan fingerprint density at radius 1 is 0.431 bits per heavy atom. The van der Waals surface area contributed by atoms with Gasteiger partial charge in [0, 0.05) is 11.4 Å². The van der Waals surface area contributed by atoms with Gasteiger partial charge in [-0.2, -0.15) is 0 Å². The van der Waals surface area contributed by atoms with Gasteiger partial charge in [0.15, 0.2) is 0 Å². The molecule has 0 aliphatic rings. The number of anilines is 2. The summed E-state index contributed by atoms with van der Waals surface area (Å²) in [4.78, 5) is 24.7. The summed E-state index contributed by atoms with van der Waals surface area (Å²) in [6, 6.07) is 5.44. The highest BCUT2D eigenvalue weighted by Crippen LogP contribution is 2.21. The van der Waals surface area contributed by atoms with E-state index in [4.69, 9.17) is 9.47 Å². The van der Waals surface area contributed by atoms with Gasteiger partial charge in [-0.1, -0.05) is 213 Å². The molecule has 0 bridgehead atoms. The van der Waals surface area contributed by atoms with Crippen molar-refractivity contribution in [1.29, 1.82) is 0 Å². The standard InChI is InChI=1S/C45H82N2O4/c1-4-6-8-10-12-14-16-18-20-22-24-26-28-30-32-34-38-50-44(48)46-42-37-36-41(3)43(40-42)47-45(49)51-39-35-33-31-29-27-25-23-21-19-17-15-13-11-9-7-5-2/h36-37,40H,4-35,38-39H2,1-3H3,(H,46,48)(H,47,49). The fourth-order valence-electron chi connectivity index (χ4n) is 6.76. The maximum Gasteiger partial charge on any atom is 0.411 e. The Bertz CT molecular complexity index is 937. The van der Waals surface area contributed by atoms with Crippen LogP contribution in [-0.2, 0) is 9.47 Å². The highest BCUT2D eigenvalue weighted by molar-refractivity contribution is 5.89. The molecule has 1 aromatic rings. The van der Waals surface area contributed by atoms with Gasteiger partial charge in [-0.05, 0) is 37.5 Å². The number of unbranched alkanes of at least 4 members (excludes halogenated alkanes) is 30.